The number of nitrogens with one attached hydrogen (secondary N) is 1. The smallest absolute Gasteiger partial charge is 0.354 e. The number of nitriles is 1. The number of anilines is 2. The van der Waals surface area contributed by atoms with Crippen LogP contribution in [0, 0.1) is 11.3 Å². The first-order chi connectivity index (χ1) is 9.82. The lowest BCUT2D eigenvalue weighted by Crippen LogP contribution is -2.08. The quantitative estimate of drug-likeness (QED) is 0.774. The molecule has 2 aromatic rings. The Balaban J connectivity index is 2.43. The van der Waals surface area contributed by atoms with E-state index in [1.807, 2.05) is 0 Å². The highest BCUT2D eigenvalue weighted by atomic mass is 35.5. The number of hydrogen-bond donors (Lipinski definition) is 1. The summed E-state index contributed by atoms with van der Waals surface area (Å²) in [6.45, 7) is 0. The van der Waals surface area contributed by atoms with Gasteiger partial charge in [0.1, 0.15) is 0 Å². The molecule has 2 rings (SSSR count). The summed E-state index contributed by atoms with van der Waals surface area (Å²) < 4.78 is 38.6. The van der Waals surface area contributed by atoms with E-state index in [-0.39, 0.29) is 15.7 Å². The second kappa shape index (κ2) is 5.84. The predicted octanol–water partition coefficient (Wildman–Crippen LogP) is 5.63. The molecule has 0 aliphatic heterocycles. The van der Waals surface area contributed by atoms with Gasteiger partial charge in [0.05, 0.1) is 32.9 Å². The molecule has 0 aliphatic carbocycles. The molecule has 0 saturated heterocycles. The lowest BCUT2D eigenvalue weighted by atomic mass is 10.1. The molecule has 0 amide bonds. The summed E-state index contributed by atoms with van der Waals surface area (Å²) in [4.78, 5) is 0. The van der Waals surface area contributed by atoms with Crippen LogP contribution in [0.3, 0.4) is 0 Å². The maximum Gasteiger partial charge on any atom is 0.417 e. The molecule has 0 aliphatic rings. The van der Waals surface area contributed by atoms with Gasteiger partial charge in [-0.25, -0.2) is 0 Å². The van der Waals surface area contributed by atoms with Gasteiger partial charge in [0.15, 0.2) is 0 Å². The number of benzene rings is 2. The molecule has 108 valence electrons. The largest absolute Gasteiger partial charge is 0.417 e. The van der Waals surface area contributed by atoms with Crippen LogP contribution in [0.25, 0.3) is 0 Å². The number of nitrogens with zero attached hydrogens (tertiary/aromatic N) is 1. The molecule has 0 atom stereocenters. The van der Waals surface area contributed by atoms with Crippen molar-refractivity contribution < 1.29 is 13.2 Å². The third-order valence-electron chi connectivity index (χ3n) is 2.68. The standard InChI is InChI=1S/C14H7Cl2F3N2/c15-11-2-1-3-12(13(11)16)21-9-5-4-8(7-20)10(6-9)14(17,18)19/h1-6,21H. The number of halogens is 5. The normalized spacial score (nSPS) is 11.0. The third kappa shape index (κ3) is 3.41. The second-order valence-electron chi connectivity index (χ2n) is 4.10. The van der Waals surface area contributed by atoms with E-state index in [2.05, 4.69) is 5.32 Å². The van der Waals surface area contributed by atoms with Gasteiger partial charge < -0.3 is 5.32 Å². The summed E-state index contributed by atoms with van der Waals surface area (Å²) in [5.74, 6) is 0. The van der Waals surface area contributed by atoms with Crippen LogP contribution in [0.1, 0.15) is 11.1 Å². The Labute approximate surface area is 128 Å². The second-order valence-corrected chi connectivity index (χ2v) is 4.88. The van der Waals surface area contributed by atoms with Gasteiger partial charge in [0.2, 0.25) is 0 Å². The Kier molecular flexibility index (Phi) is 4.31. The fraction of sp³-hybridized carbons (Fsp3) is 0.0714. The average molecular weight is 331 g/mol. The van der Waals surface area contributed by atoms with Gasteiger partial charge in [-0.05, 0) is 30.3 Å². The van der Waals surface area contributed by atoms with Crippen LogP contribution in [0.5, 0.6) is 0 Å². The van der Waals surface area contributed by atoms with E-state index in [1.165, 1.54) is 12.1 Å². The maximum atomic E-state index is 12.9. The van der Waals surface area contributed by atoms with Crippen molar-refractivity contribution in [3.63, 3.8) is 0 Å². The molecular formula is C14H7Cl2F3N2. The van der Waals surface area contributed by atoms with Gasteiger partial charge in [-0.3, -0.25) is 0 Å². The zero-order valence-electron chi connectivity index (χ0n) is 10.3. The van der Waals surface area contributed by atoms with Crippen LogP contribution in [-0.2, 0) is 6.18 Å². The Hall–Kier alpha value is -1.90. The van der Waals surface area contributed by atoms with Gasteiger partial charge in [0.25, 0.3) is 0 Å². The van der Waals surface area contributed by atoms with Crippen LogP contribution in [0.4, 0.5) is 24.5 Å². The number of rotatable bonds is 2. The van der Waals surface area contributed by atoms with Crippen molar-refractivity contribution in [3.05, 3.63) is 57.6 Å². The Morgan fingerprint density at radius 3 is 2.43 bits per heavy atom. The van der Waals surface area contributed by atoms with E-state index in [9.17, 15) is 13.2 Å². The maximum absolute atomic E-state index is 12.9. The van der Waals surface area contributed by atoms with Crippen molar-refractivity contribution in [1.82, 2.24) is 0 Å². The predicted molar refractivity (Wildman–Crippen MR) is 75.9 cm³/mol. The topological polar surface area (TPSA) is 35.8 Å². The first-order valence-corrected chi connectivity index (χ1v) is 6.41. The van der Waals surface area contributed by atoms with Crippen molar-refractivity contribution >= 4 is 34.6 Å². The molecule has 0 heterocycles. The minimum Gasteiger partial charge on any atom is -0.354 e. The third-order valence-corrected chi connectivity index (χ3v) is 3.49. The molecule has 0 radical (unpaired) electrons. The minimum absolute atomic E-state index is 0.158. The summed E-state index contributed by atoms with van der Waals surface area (Å²) in [6.07, 6.45) is -4.61. The summed E-state index contributed by atoms with van der Waals surface area (Å²) in [5.41, 5.74) is -0.911. The van der Waals surface area contributed by atoms with Crippen LogP contribution in [0.2, 0.25) is 10.0 Å². The lowest BCUT2D eigenvalue weighted by molar-refractivity contribution is -0.137. The number of hydrogen-bond acceptors (Lipinski definition) is 2. The molecule has 0 spiro atoms. The van der Waals surface area contributed by atoms with Crippen molar-refractivity contribution in [2.75, 3.05) is 5.32 Å². The van der Waals surface area contributed by atoms with Gasteiger partial charge >= 0.3 is 6.18 Å². The molecule has 1 N–H and O–H groups in total. The highest BCUT2D eigenvalue weighted by Crippen LogP contribution is 2.36. The van der Waals surface area contributed by atoms with Crippen LogP contribution in [0.15, 0.2) is 36.4 Å². The first-order valence-electron chi connectivity index (χ1n) is 5.65. The van der Waals surface area contributed by atoms with E-state index in [0.29, 0.717) is 5.69 Å². The van der Waals surface area contributed by atoms with Gasteiger partial charge in [0, 0.05) is 5.69 Å². The monoisotopic (exact) mass is 330 g/mol. The molecule has 7 heteroatoms. The molecule has 0 aromatic heterocycles. The molecular weight excluding hydrogens is 324 g/mol. The summed E-state index contributed by atoms with van der Waals surface area (Å²) >= 11 is 11.8. The average Bonchev–Trinajstić information content (AvgIpc) is 2.43. The van der Waals surface area contributed by atoms with Crippen molar-refractivity contribution in [3.8, 4) is 6.07 Å². The Bertz CT molecular complexity index is 721. The van der Waals surface area contributed by atoms with Gasteiger partial charge in [-0.2, -0.15) is 18.4 Å². The molecule has 0 unspecified atom stereocenters. The zero-order chi connectivity index (χ0) is 15.6. The van der Waals surface area contributed by atoms with Crippen LogP contribution < -0.4 is 5.32 Å². The number of alkyl halides is 3. The summed E-state index contributed by atoms with van der Waals surface area (Å²) in [6, 6.07) is 9.61. The van der Waals surface area contributed by atoms with E-state index in [0.717, 1.165) is 12.1 Å². The highest BCUT2D eigenvalue weighted by Gasteiger charge is 2.33. The first kappa shape index (κ1) is 15.5. The molecule has 0 fully saturated rings. The summed E-state index contributed by atoms with van der Waals surface area (Å²) in [5, 5.41) is 12.0. The zero-order valence-corrected chi connectivity index (χ0v) is 11.8. The fourth-order valence-electron chi connectivity index (χ4n) is 1.71. The highest BCUT2D eigenvalue weighted by molar-refractivity contribution is 6.43. The molecule has 0 saturated carbocycles. The Morgan fingerprint density at radius 2 is 1.81 bits per heavy atom. The van der Waals surface area contributed by atoms with Gasteiger partial charge in [-0.15, -0.1) is 0 Å². The van der Waals surface area contributed by atoms with E-state index in [4.69, 9.17) is 28.5 Å². The molecule has 2 aromatic carbocycles. The van der Waals surface area contributed by atoms with Crippen molar-refractivity contribution in [2.45, 2.75) is 6.18 Å². The summed E-state index contributed by atoms with van der Waals surface area (Å²) in [7, 11) is 0. The van der Waals surface area contributed by atoms with Crippen molar-refractivity contribution in [1.29, 1.82) is 5.26 Å². The minimum atomic E-state index is -4.61. The van der Waals surface area contributed by atoms with Crippen molar-refractivity contribution in [2.24, 2.45) is 0 Å². The van der Waals surface area contributed by atoms with E-state index >= 15 is 0 Å². The van der Waals surface area contributed by atoms with Crippen LogP contribution in [-0.4, -0.2) is 0 Å². The van der Waals surface area contributed by atoms with E-state index < -0.39 is 17.3 Å². The van der Waals surface area contributed by atoms with Crippen LogP contribution >= 0.6 is 23.2 Å². The SMILES string of the molecule is N#Cc1ccc(Nc2cccc(Cl)c2Cl)cc1C(F)(F)F. The molecule has 2 nitrogen and oxygen atoms in total. The molecule has 0 bridgehead atoms. The van der Waals surface area contributed by atoms with E-state index in [1.54, 1.807) is 18.2 Å². The van der Waals surface area contributed by atoms with Gasteiger partial charge in [-0.1, -0.05) is 29.3 Å². The lowest BCUT2D eigenvalue weighted by Gasteiger charge is -2.13. The fourth-order valence-corrected chi connectivity index (χ4v) is 2.06. The molecule has 21 heavy (non-hydrogen) atoms. The Morgan fingerprint density at radius 1 is 1.10 bits per heavy atom.